The van der Waals surface area contributed by atoms with Gasteiger partial charge in [-0.3, -0.25) is 4.99 Å². The summed E-state index contributed by atoms with van der Waals surface area (Å²) in [6.45, 7) is 5.73. The Balaban J connectivity index is 0.00000676. The van der Waals surface area contributed by atoms with E-state index in [1.807, 2.05) is 6.92 Å². The van der Waals surface area contributed by atoms with Crippen LogP contribution in [-0.4, -0.2) is 67.5 Å². The predicted molar refractivity (Wildman–Crippen MR) is 121 cm³/mol. The number of hydrogen-bond acceptors (Lipinski definition) is 6. The van der Waals surface area contributed by atoms with Crippen molar-refractivity contribution in [3.05, 3.63) is 16.5 Å². The third kappa shape index (κ3) is 12.1. The minimum Gasteiger partial charge on any atom is -0.382 e. The second-order valence-corrected chi connectivity index (χ2v) is 8.81. The van der Waals surface area contributed by atoms with Crippen LogP contribution in [0.2, 0.25) is 4.34 Å². The average molecular weight is 555 g/mol. The molecule has 1 heterocycles. The van der Waals surface area contributed by atoms with Gasteiger partial charge in [0, 0.05) is 39.9 Å². The lowest BCUT2D eigenvalue weighted by Gasteiger charge is -2.11. The summed E-state index contributed by atoms with van der Waals surface area (Å²) in [6, 6.07) is 3.05. The van der Waals surface area contributed by atoms with Gasteiger partial charge in [-0.15, -0.1) is 35.3 Å². The molecule has 0 saturated carbocycles. The van der Waals surface area contributed by atoms with E-state index in [9.17, 15) is 8.42 Å². The molecule has 1 rings (SSSR count). The van der Waals surface area contributed by atoms with Crippen LogP contribution in [0.4, 0.5) is 0 Å². The molecule has 0 aliphatic heterocycles. The highest BCUT2D eigenvalue weighted by Gasteiger charge is 2.15. The van der Waals surface area contributed by atoms with Crippen molar-refractivity contribution in [2.45, 2.75) is 17.6 Å². The van der Waals surface area contributed by atoms with Crippen LogP contribution >= 0.6 is 46.9 Å². The number of aliphatic imine (C=N–C) groups is 1. The maximum atomic E-state index is 12.1. The lowest BCUT2D eigenvalue weighted by atomic mass is 10.4. The number of thiophene rings is 1. The standard InChI is InChI=1S/C15H27ClN4O4S2.HI/c1-3-17-15(18-7-4-10-24-12-11-23-2)19-8-9-20-26(21,22)14-6-5-13(16)25-14;/h5-6,20H,3-4,7-12H2,1-2H3,(H2,17,18,19);1H. The number of hydrogen-bond donors (Lipinski definition) is 3. The highest BCUT2D eigenvalue weighted by atomic mass is 127. The van der Waals surface area contributed by atoms with Gasteiger partial charge < -0.3 is 20.1 Å². The lowest BCUT2D eigenvalue weighted by molar-refractivity contribution is 0.0702. The number of nitrogens with zero attached hydrogens (tertiary/aromatic N) is 1. The van der Waals surface area contributed by atoms with E-state index in [-0.39, 0.29) is 34.7 Å². The number of nitrogens with one attached hydrogen (secondary N) is 3. The van der Waals surface area contributed by atoms with Crippen LogP contribution in [0.5, 0.6) is 0 Å². The van der Waals surface area contributed by atoms with Crippen molar-refractivity contribution in [3.8, 4) is 0 Å². The Hall–Kier alpha value is -0.180. The Labute approximate surface area is 187 Å². The van der Waals surface area contributed by atoms with Crippen LogP contribution in [0.3, 0.4) is 0 Å². The van der Waals surface area contributed by atoms with E-state index in [4.69, 9.17) is 21.1 Å². The van der Waals surface area contributed by atoms with Gasteiger partial charge in [-0.2, -0.15) is 0 Å². The summed E-state index contributed by atoms with van der Waals surface area (Å²) in [5.41, 5.74) is 0. The highest BCUT2D eigenvalue weighted by Crippen LogP contribution is 2.24. The van der Waals surface area contributed by atoms with Gasteiger partial charge in [0.05, 0.1) is 17.6 Å². The first-order valence-corrected chi connectivity index (χ1v) is 11.0. The van der Waals surface area contributed by atoms with Gasteiger partial charge in [0.15, 0.2) is 5.96 Å². The van der Waals surface area contributed by atoms with Gasteiger partial charge in [0.1, 0.15) is 4.21 Å². The summed E-state index contributed by atoms with van der Waals surface area (Å²) in [4.78, 5) is 4.42. The summed E-state index contributed by atoms with van der Waals surface area (Å²) in [6.07, 6.45) is 0.798. The minimum absolute atomic E-state index is 0. The molecule has 0 unspecified atom stereocenters. The van der Waals surface area contributed by atoms with Crippen LogP contribution in [-0.2, 0) is 19.5 Å². The molecule has 0 radical (unpaired) electrons. The Morgan fingerprint density at radius 1 is 1.22 bits per heavy atom. The third-order valence-corrected chi connectivity index (χ3v) is 6.20. The Morgan fingerprint density at radius 3 is 2.63 bits per heavy atom. The molecule has 0 aliphatic carbocycles. The topological polar surface area (TPSA) is 101 Å². The number of methoxy groups -OCH3 is 1. The maximum absolute atomic E-state index is 12.1. The van der Waals surface area contributed by atoms with Crippen LogP contribution in [0.15, 0.2) is 21.3 Å². The quantitative estimate of drug-likeness (QED) is 0.149. The van der Waals surface area contributed by atoms with E-state index in [1.54, 1.807) is 13.2 Å². The molecule has 1 aromatic heterocycles. The van der Waals surface area contributed by atoms with E-state index >= 15 is 0 Å². The van der Waals surface area contributed by atoms with E-state index < -0.39 is 10.0 Å². The molecule has 12 heteroatoms. The molecule has 8 nitrogen and oxygen atoms in total. The third-order valence-electron chi connectivity index (χ3n) is 3.02. The molecule has 27 heavy (non-hydrogen) atoms. The van der Waals surface area contributed by atoms with Gasteiger partial charge in [-0.1, -0.05) is 11.6 Å². The second-order valence-electron chi connectivity index (χ2n) is 5.10. The van der Waals surface area contributed by atoms with Crippen molar-refractivity contribution in [2.24, 2.45) is 4.99 Å². The Morgan fingerprint density at radius 2 is 2.00 bits per heavy atom. The molecule has 0 saturated heterocycles. The second kappa shape index (κ2) is 15.7. The fourth-order valence-electron chi connectivity index (χ4n) is 1.82. The minimum atomic E-state index is -3.52. The molecular formula is C15H28ClIN4O4S2. The predicted octanol–water partition coefficient (Wildman–Crippen LogP) is 1.91. The van der Waals surface area contributed by atoms with E-state index in [1.165, 1.54) is 6.07 Å². The number of guanidine groups is 1. The van der Waals surface area contributed by atoms with Gasteiger partial charge in [0.2, 0.25) is 10.0 Å². The van der Waals surface area contributed by atoms with Crippen LogP contribution in [0, 0.1) is 0 Å². The molecule has 0 spiro atoms. The molecule has 0 amide bonds. The highest BCUT2D eigenvalue weighted by molar-refractivity contribution is 14.0. The fraction of sp³-hybridized carbons (Fsp3) is 0.667. The molecule has 3 N–H and O–H groups in total. The molecule has 0 atom stereocenters. The van der Waals surface area contributed by atoms with Crippen molar-refractivity contribution in [1.82, 2.24) is 15.4 Å². The average Bonchev–Trinajstić information content (AvgIpc) is 3.05. The van der Waals surface area contributed by atoms with Gasteiger partial charge in [-0.05, 0) is 25.5 Å². The van der Waals surface area contributed by atoms with Crippen molar-refractivity contribution in [3.63, 3.8) is 0 Å². The number of rotatable bonds is 13. The number of sulfonamides is 1. The van der Waals surface area contributed by atoms with Crippen molar-refractivity contribution in [1.29, 1.82) is 0 Å². The Kier molecular flexibility index (Phi) is 15.6. The number of halogens is 2. The van der Waals surface area contributed by atoms with Crippen LogP contribution < -0.4 is 15.4 Å². The van der Waals surface area contributed by atoms with E-state index in [2.05, 4.69) is 20.3 Å². The SMILES string of the molecule is CCNC(=NCCCOCCOC)NCCNS(=O)(=O)c1ccc(Cl)s1.I. The molecule has 158 valence electrons. The van der Waals surface area contributed by atoms with Crippen LogP contribution in [0.1, 0.15) is 13.3 Å². The summed E-state index contributed by atoms with van der Waals surface area (Å²) in [5, 5.41) is 6.20. The normalized spacial score (nSPS) is 11.9. The summed E-state index contributed by atoms with van der Waals surface area (Å²) >= 11 is 6.80. The van der Waals surface area contributed by atoms with E-state index in [0.29, 0.717) is 43.2 Å². The summed E-state index contributed by atoms with van der Waals surface area (Å²) in [7, 11) is -1.89. The van der Waals surface area contributed by atoms with Crippen molar-refractivity contribution in [2.75, 3.05) is 53.1 Å². The molecule has 0 aliphatic rings. The van der Waals surface area contributed by atoms with Crippen LogP contribution in [0.25, 0.3) is 0 Å². The molecule has 0 bridgehead atoms. The van der Waals surface area contributed by atoms with Gasteiger partial charge in [0.25, 0.3) is 0 Å². The smallest absolute Gasteiger partial charge is 0.250 e. The zero-order valence-electron chi connectivity index (χ0n) is 15.5. The fourth-order valence-corrected chi connectivity index (χ4v) is 4.38. The van der Waals surface area contributed by atoms with E-state index in [0.717, 1.165) is 24.3 Å². The molecule has 0 fully saturated rings. The maximum Gasteiger partial charge on any atom is 0.250 e. The molecular weight excluding hydrogens is 527 g/mol. The first-order valence-electron chi connectivity index (χ1n) is 8.33. The monoisotopic (exact) mass is 554 g/mol. The zero-order chi connectivity index (χ0) is 19.3. The first-order chi connectivity index (χ1) is 12.5. The summed E-state index contributed by atoms with van der Waals surface area (Å²) in [5.74, 6) is 0.641. The van der Waals surface area contributed by atoms with Crippen molar-refractivity contribution >= 4 is 62.9 Å². The van der Waals surface area contributed by atoms with Gasteiger partial charge in [-0.25, -0.2) is 13.1 Å². The largest absolute Gasteiger partial charge is 0.382 e. The number of ether oxygens (including phenoxy) is 2. The summed E-state index contributed by atoms with van der Waals surface area (Å²) < 4.78 is 37.6. The van der Waals surface area contributed by atoms with Gasteiger partial charge >= 0.3 is 0 Å². The molecule has 0 aromatic carbocycles. The zero-order valence-corrected chi connectivity index (χ0v) is 20.2. The Bertz CT molecular complexity index is 644. The lowest BCUT2D eigenvalue weighted by Crippen LogP contribution is -2.41. The van der Waals surface area contributed by atoms with Crippen molar-refractivity contribution < 1.29 is 17.9 Å². The first kappa shape index (κ1) is 26.8. The molecule has 1 aromatic rings.